The predicted molar refractivity (Wildman–Crippen MR) is 434 cm³/mol. The number of amides is 12. The monoisotopic (exact) mass is 1630 g/mol. The number of urea groups is 1. The van der Waals surface area contributed by atoms with Gasteiger partial charge in [0.15, 0.2) is 0 Å². The number of nitrogens with two attached hydrogens (primary N) is 3. The van der Waals surface area contributed by atoms with E-state index >= 15 is 0 Å². The molecule has 7 saturated heterocycles. The zero-order valence-corrected chi connectivity index (χ0v) is 73.0. The SMILES string of the molecule is CC(C)(C)NC(=O)N[C@@H]1C(=O)N2CC3[C@@H]([C@H]2C(=O)N[C@H](C(=O)C(N)=O)CCCCCCCCCC1(C)C)C3(C)C.CC(C)(C)OC(=O)N[C@@H]1C(=O)N2CC3[C@@H]([C@H]2C(=O)N[C@H](C(=O)C(N)=O)CCCCCCCCCC1(C)C)C3(C)C.CC1(C)CCCCCCCCC[C@@H](C(=O)C(N)=O)NC(=O)[C@@H]2[C@@H]3C(CN2C(=O)[C@H]1NC1OO1)C3(C)C. The second-order valence-corrected chi connectivity index (χ2v) is 41.0. The van der Waals surface area contributed by atoms with Crippen molar-refractivity contribution in [3.63, 3.8) is 0 Å². The van der Waals surface area contributed by atoms with Crippen molar-refractivity contribution in [3.05, 3.63) is 0 Å². The maximum Gasteiger partial charge on any atom is 0.408 e. The molecule has 0 aromatic heterocycles. The Morgan fingerprint density at radius 1 is 0.397 bits per heavy atom. The van der Waals surface area contributed by atoms with Gasteiger partial charge in [-0.05, 0) is 148 Å². The van der Waals surface area contributed by atoms with Gasteiger partial charge in [0.1, 0.15) is 35.8 Å². The lowest BCUT2D eigenvalue weighted by molar-refractivity contribution is -0.145. The lowest BCUT2D eigenvalue weighted by Crippen LogP contribution is -2.62. The molecule has 30 heteroatoms. The van der Waals surface area contributed by atoms with Crippen molar-refractivity contribution < 1.29 is 81.6 Å². The Morgan fingerprint density at radius 3 is 0.940 bits per heavy atom. The van der Waals surface area contributed by atoms with Crippen LogP contribution in [0.25, 0.3) is 0 Å². The number of ether oxygens (including phenoxy) is 1. The Kier molecular flexibility index (Phi) is 30.8. The molecule has 0 radical (unpaired) electrons. The first-order valence-electron chi connectivity index (χ1n) is 43.4. The molecule has 0 spiro atoms. The number of alkyl carbamates (subject to hydrolysis) is 1. The van der Waals surface area contributed by atoms with Gasteiger partial charge in [-0.15, -0.1) is 0 Å². The molecule has 30 nitrogen and oxygen atoms in total. The zero-order chi connectivity index (χ0) is 86.3. The molecule has 0 bridgehead atoms. The summed E-state index contributed by atoms with van der Waals surface area (Å²) < 4.78 is 5.51. The molecule has 10 fully saturated rings. The summed E-state index contributed by atoms with van der Waals surface area (Å²) in [6.45, 7) is 36.8. The first-order chi connectivity index (χ1) is 53.9. The number of hydrogen-bond acceptors (Lipinski definition) is 18. The third kappa shape index (κ3) is 23.6. The van der Waals surface area contributed by atoms with E-state index in [-0.39, 0.29) is 75.4 Å². The van der Waals surface area contributed by atoms with Crippen LogP contribution >= 0.6 is 0 Å². The van der Waals surface area contributed by atoms with Gasteiger partial charge in [-0.3, -0.25) is 62.9 Å². The smallest absolute Gasteiger partial charge is 0.408 e. The molecule has 10 rings (SSSR count). The largest absolute Gasteiger partial charge is 0.444 e. The minimum absolute atomic E-state index is 0.00921. The molecule has 3 aliphatic carbocycles. The highest BCUT2D eigenvalue weighted by Gasteiger charge is 2.73. The van der Waals surface area contributed by atoms with Crippen LogP contribution < -0.4 is 54.4 Å². The third-order valence-corrected chi connectivity index (χ3v) is 27.4. The van der Waals surface area contributed by atoms with Gasteiger partial charge in [0.2, 0.25) is 52.8 Å². The number of ketones is 3. The highest BCUT2D eigenvalue weighted by molar-refractivity contribution is 6.39. The van der Waals surface area contributed by atoms with E-state index in [9.17, 15) is 67.1 Å². The van der Waals surface area contributed by atoms with Crippen LogP contribution in [0.3, 0.4) is 0 Å². The predicted octanol–water partition coefficient (Wildman–Crippen LogP) is 8.24. The van der Waals surface area contributed by atoms with Gasteiger partial charge in [-0.1, -0.05) is 218 Å². The summed E-state index contributed by atoms with van der Waals surface area (Å²) in [5, 5.41) is 20.3. The average Bonchev–Trinajstić information content (AvgIpc) is 1.54. The van der Waals surface area contributed by atoms with Crippen LogP contribution in [0.4, 0.5) is 9.59 Å². The molecule has 15 atom stereocenters. The second kappa shape index (κ2) is 37.9. The Bertz CT molecular complexity index is 3450. The van der Waals surface area contributed by atoms with E-state index in [4.69, 9.17) is 31.7 Å². The standard InChI is InChI=1S/C30H51N5O5.C30H50N4O6.C26H42N4O6/c1-28(2,3)34-27(40)33-23-26(39)35-17-18-20(30(18,6)7)21(35)25(38)32-19(22(36)24(31)37)15-13-11-9-8-10-12-14-16-29(23,4)5;1-28(2,3)40-27(39)33-23-26(38)34-17-18-20(30(18,6)7)21(34)25(37)32-19(22(35)24(31)36)15-13-11-9-8-10-12-14-16-29(23,4)5;1-25(2)13-11-9-7-5-6-8-10-12-16(19(31)21(27)32)28-22(33)18-17-15(26(17,3)4)14-30(18)23(34)20(25)29-24-35-36-24/h18-21,23H,8-17H2,1-7H3,(H2,31,37)(H,32,38)(H2,33,34,40);18-21,23H,8-17H2,1-7H3,(H2,31,36)(H,32,37)(H,33,39);15-18,20,24,29H,5-14H2,1-4H3,(H2,27,32)(H,28,33)/t2*18?,19-,20-,21-,23+;15?,16-,17-,18-,20+/m000/s1. The summed E-state index contributed by atoms with van der Waals surface area (Å²) in [5.74, 6) is -7.41. The van der Waals surface area contributed by atoms with E-state index in [0.29, 0.717) is 51.7 Å². The van der Waals surface area contributed by atoms with Gasteiger partial charge in [-0.25, -0.2) is 9.59 Å². The van der Waals surface area contributed by atoms with E-state index in [1.54, 1.807) is 35.5 Å². The molecule has 654 valence electrons. The molecule has 0 aromatic rings. The lowest BCUT2D eigenvalue weighted by atomic mass is 9.78. The average molecular weight is 1630 g/mol. The third-order valence-electron chi connectivity index (χ3n) is 27.4. The van der Waals surface area contributed by atoms with Crippen LogP contribution in [0, 0.1) is 68.0 Å². The van der Waals surface area contributed by atoms with Crippen molar-refractivity contribution in [3.8, 4) is 0 Å². The van der Waals surface area contributed by atoms with Crippen molar-refractivity contribution >= 4 is 82.6 Å². The van der Waals surface area contributed by atoms with E-state index in [2.05, 4.69) is 92.6 Å². The molecule has 3 saturated carbocycles. The summed E-state index contributed by atoms with van der Waals surface area (Å²) >= 11 is 0. The van der Waals surface area contributed by atoms with Crippen molar-refractivity contribution in [1.82, 2.24) is 51.9 Å². The highest BCUT2D eigenvalue weighted by Crippen LogP contribution is 2.67. The minimum Gasteiger partial charge on any atom is -0.444 e. The second-order valence-electron chi connectivity index (χ2n) is 41.0. The van der Waals surface area contributed by atoms with Gasteiger partial charge in [0, 0.05) is 25.2 Å². The normalized spacial score (nSPS) is 32.4. The number of carbonyl (C=O) groups excluding carboxylic acids is 14. The molecule has 7 heterocycles. The number of Topliss-reactive ketones (excluding diaryl/α,β-unsaturated/α-hetero) is 3. The van der Waals surface area contributed by atoms with Crippen LogP contribution in [0.15, 0.2) is 0 Å². The Balaban J connectivity index is 0.000000218. The summed E-state index contributed by atoms with van der Waals surface area (Å²) in [6.07, 6.45) is 22.1. The summed E-state index contributed by atoms with van der Waals surface area (Å²) in [6, 6.07) is -8.10. The van der Waals surface area contributed by atoms with E-state index < -0.39 is 147 Å². The number of hydrogen-bond donors (Lipinski definition) is 10. The molecular formula is C86H143N13O17. The van der Waals surface area contributed by atoms with Crippen LogP contribution in [0.2, 0.25) is 0 Å². The molecule has 10 aliphatic rings. The first-order valence-corrected chi connectivity index (χ1v) is 43.4. The Hall–Kier alpha value is -7.34. The van der Waals surface area contributed by atoms with Crippen molar-refractivity contribution in [2.45, 2.75) is 370 Å². The van der Waals surface area contributed by atoms with Crippen molar-refractivity contribution in [2.75, 3.05) is 19.6 Å². The van der Waals surface area contributed by atoms with Crippen LogP contribution in [-0.4, -0.2) is 189 Å². The molecule has 116 heavy (non-hydrogen) atoms. The molecule has 12 amide bonds. The van der Waals surface area contributed by atoms with Gasteiger partial charge >= 0.3 is 12.1 Å². The minimum atomic E-state index is -1.08. The molecule has 7 aliphatic heterocycles. The first kappa shape index (κ1) is 94.1. The fourth-order valence-corrected chi connectivity index (χ4v) is 19.9. The zero-order valence-electron chi connectivity index (χ0n) is 73.0. The van der Waals surface area contributed by atoms with E-state index in [0.717, 1.165) is 141 Å². The molecule has 0 aromatic carbocycles. The van der Waals surface area contributed by atoms with Crippen LogP contribution in [-0.2, 0) is 72.0 Å². The van der Waals surface area contributed by atoms with Crippen LogP contribution in [0.1, 0.15) is 298 Å². The Labute approximate surface area is 687 Å². The maximum absolute atomic E-state index is 14.3. The summed E-state index contributed by atoms with van der Waals surface area (Å²) in [4.78, 5) is 198. The number of nitrogens with one attached hydrogen (secondary N) is 7. The van der Waals surface area contributed by atoms with Crippen molar-refractivity contribution in [2.24, 2.45) is 85.2 Å². The van der Waals surface area contributed by atoms with Gasteiger partial charge < -0.3 is 68.5 Å². The fraction of sp³-hybridized carbons (Fsp3) is 0.837. The fourth-order valence-electron chi connectivity index (χ4n) is 19.9. The Morgan fingerprint density at radius 2 is 0.664 bits per heavy atom. The summed E-state index contributed by atoms with van der Waals surface area (Å²) in [7, 11) is 0. The molecule has 13 N–H and O–H groups in total. The van der Waals surface area contributed by atoms with Gasteiger partial charge in [-0.2, -0.15) is 9.78 Å². The maximum atomic E-state index is 14.3. The number of primary amides is 3. The quantitative estimate of drug-likeness (QED) is 0.0559. The number of piperidine rings is 3. The topological polar surface area (TPSA) is 445 Å². The number of carbonyl (C=O) groups is 14. The van der Waals surface area contributed by atoms with Gasteiger partial charge in [0.05, 0.1) is 24.2 Å². The molecule has 3 unspecified atom stereocenters. The summed E-state index contributed by atoms with van der Waals surface area (Å²) in [5.41, 5.74) is 12.8. The van der Waals surface area contributed by atoms with Gasteiger partial charge in [0.25, 0.3) is 24.1 Å². The van der Waals surface area contributed by atoms with E-state index in [1.807, 2.05) is 48.5 Å². The van der Waals surface area contributed by atoms with E-state index in [1.165, 1.54) is 0 Å². The number of nitrogens with zero attached hydrogens (tertiary/aromatic N) is 3. The van der Waals surface area contributed by atoms with Crippen molar-refractivity contribution in [1.29, 1.82) is 0 Å². The number of rotatable bonds is 10. The molecular weight excluding hydrogens is 1490 g/mol. The lowest BCUT2D eigenvalue weighted by Gasteiger charge is -2.40. The number of fused-ring (bicyclic) bond motifs is 9. The van der Waals surface area contributed by atoms with Crippen LogP contribution in [0.5, 0.6) is 0 Å². The highest BCUT2D eigenvalue weighted by atomic mass is 17.4.